The van der Waals surface area contributed by atoms with Gasteiger partial charge in [-0.3, -0.25) is 9.89 Å². The molecule has 8 nitrogen and oxygen atoms in total. The van der Waals surface area contributed by atoms with Crippen LogP contribution < -0.4 is 10.2 Å². The molecule has 0 aliphatic carbocycles. The highest BCUT2D eigenvalue weighted by Crippen LogP contribution is 2.38. The number of fused-ring (bicyclic) bond motifs is 1. The Morgan fingerprint density at radius 3 is 2.74 bits per heavy atom. The van der Waals surface area contributed by atoms with Crippen molar-refractivity contribution in [1.82, 2.24) is 25.4 Å². The number of hydrogen-bond donors (Lipinski definition) is 2. The standard InChI is InChI=1S/C23H25F3N6O2/c1-31-12-17(15-4-2-3-5-18(15)23(24,25)26)19(13-31)28-22(33)14-10-16-20(27-11-14)29-30-21(16)32-6-8-34-9-7-32/h2-5,10-11,17,19H,6-9,12-13H2,1H3,(H,28,33)(H,27,29,30)/t17-,19-/m0/s1. The van der Waals surface area contributed by atoms with E-state index in [2.05, 4.69) is 25.4 Å². The van der Waals surface area contributed by atoms with Gasteiger partial charge in [0.1, 0.15) is 0 Å². The number of pyridine rings is 1. The summed E-state index contributed by atoms with van der Waals surface area (Å²) in [6.07, 6.45) is -3.01. The van der Waals surface area contributed by atoms with Gasteiger partial charge in [0, 0.05) is 44.3 Å². The van der Waals surface area contributed by atoms with Crippen LogP contribution in [0.3, 0.4) is 0 Å². The monoisotopic (exact) mass is 474 g/mol. The molecule has 0 spiro atoms. The van der Waals surface area contributed by atoms with Crippen LogP contribution >= 0.6 is 0 Å². The maximum atomic E-state index is 13.6. The number of likely N-dealkylation sites (tertiary alicyclic amines) is 1. The molecule has 2 aliphatic heterocycles. The Morgan fingerprint density at radius 2 is 1.97 bits per heavy atom. The summed E-state index contributed by atoms with van der Waals surface area (Å²) in [5.41, 5.74) is 0.435. The van der Waals surface area contributed by atoms with E-state index in [0.29, 0.717) is 56.4 Å². The second-order valence-corrected chi connectivity index (χ2v) is 8.76. The minimum atomic E-state index is -4.46. The van der Waals surface area contributed by atoms with Gasteiger partial charge in [0.25, 0.3) is 5.91 Å². The molecule has 1 aromatic carbocycles. The molecule has 5 rings (SSSR count). The molecule has 1 amide bonds. The molecule has 2 atom stereocenters. The van der Waals surface area contributed by atoms with Crippen molar-refractivity contribution in [2.45, 2.75) is 18.1 Å². The number of carbonyl (C=O) groups is 1. The lowest BCUT2D eigenvalue weighted by atomic mass is 9.90. The van der Waals surface area contributed by atoms with E-state index >= 15 is 0 Å². The Morgan fingerprint density at radius 1 is 1.21 bits per heavy atom. The van der Waals surface area contributed by atoms with Crippen molar-refractivity contribution in [2.75, 3.05) is 51.3 Å². The lowest BCUT2D eigenvalue weighted by Crippen LogP contribution is -2.40. The summed E-state index contributed by atoms with van der Waals surface area (Å²) in [5.74, 6) is -0.155. The number of likely N-dealkylation sites (N-methyl/N-ethyl adjacent to an activating group) is 1. The van der Waals surface area contributed by atoms with Gasteiger partial charge < -0.3 is 19.9 Å². The van der Waals surface area contributed by atoms with Gasteiger partial charge in [-0.25, -0.2) is 4.98 Å². The van der Waals surface area contributed by atoms with E-state index in [1.54, 1.807) is 12.1 Å². The highest BCUT2D eigenvalue weighted by Gasteiger charge is 2.40. The maximum absolute atomic E-state index is 13.6. The zero-order chi connectivity index (χ0) is 23.9. The Kier molecular flexibility index (Phi) is 5.90. The van der Waals surface area contributed by atoms with Crippen LogP contribution in [0.5, 0.6) is 0 Å². The fourth-order valence-electron chi connectivity index (χ4n) is 4.82. The Balaban J connectivity index is 1.40. The number of benzene rings is 1. The van der Waals surface area contributed by atoms with Crippen LogP contribution in [-0.4, -0.2) is 78.5 Å². The number of morpholine rings is 1. The highest BCUT2D eigenvalue weighted by atomic mass is 19.4. The van der Waals surface area contributed by atoms with Crippen LogP contribution in [0.25, 0.3) is 11.0 Å². The number of amides is 1. The van der Waals surface area contributed by atoms with Crippen LogP contribution in [0.4, 0.5) is 19.0 Å². The topological polar surface area (TPSA) is 86.4 Å². The molecule has 2 saturated heterocycles. The first-order chi connectivity index (χ1) is 16.3. The molecule has 2 N–H and O–H groups in total. The predicted molar refractivity (Wildman–Crippen MR) is 120 cm³/mol. The zero-order valence-corrected chi connectivity index (χ0v) is 18.6. The molecule has 3 aromatic rings. The van der Waals surface area contributed by atoms with Gasteiger partial charge >= 0.3 is 6.18 Å². The molecule has 11 heteroatoms. The summed E-state index contributed by atoms with van der Waals surface area (Å²) >= 11 is 0. The molecule has 180 valence electrons. The van der Waals surface area contributed by atoms with Crippen LogP contribution in [0.15, 0.2) is 36.5 Å². The fourth-order valence-corrected chi connectivity index (χ4v) is 4.82. The molecule has 0 bridgehead atoms. The van der Waals surface area contributed by atoms with Crippen molar-refractivity contribution in [1.29, 1.82) is 0 Å². The fraction of sp³-hybridized carbons (Fsp3) is 0.435. The highest BCUT2D eigenvalue weighted by molar-refractivity contribution is 5.99. The molecule has 2 aliphatic rings. The van der Waals surface area contributed by atoms with Crippen LogP contribution in [0.2, 0.25) is 0 Å². The van der Waals surface area contributed by atoms with E-state index in [9.17, 15) is 18.0 Å². The summed E-state index contributed by atoms with van der Waals surface area (Å²) in [6.45, 7) is 3.42. The number of carbonyl (C=O) groups excluding carboxylic acids is 1. The molecular formula is C23H25F3N6O2. The summed E-state index contributed by atoms with van der Waals surface area (Å²) < 4.78 is 46.3. The van der Waals surface area contributed by atoms with Crippen LogP contribution in [0, 0.1) is 0 Å². The first kappa shape index (κ1) is 22.6. The van der Waals surface area contributed by atoms with Gasteiger partial charge in [-0.2, -0.15) is 18.3 Å². The number of aromatic nitrogens is 3. The molecule has 0 unspecified atom stereocenters. The maximum Gasteiger partial charge on any atom is 0.416 e. The molecule has 2 aromatic heterocycles. The number of alkyl halides is 3. The lowest BCUT2D eigenvalue weighted by molar-refractivity contribution is -0.138. The van der Waals surface area contributed by atoms with Crippen molar-refractivity contribution in [2.24, 2.45) is 0 Å². The molecular weight excluding hydrogens is 449 g/mol. The predicted octanol–water partition coefficient (Wildman–Crippen LogP) is 2.64. The minimum absolute atomic E-state index is 0.197. The normalized spacial score (nSPS) is 21.8. The number of ether oxygens (including phenoxy) is 1. The van der Waals surface area contributed by atoms with Gasteiger partial charge in [0.2, 0.25) is 0 Å². The second-order valence-electron chi connectivity index (χ2n) is 8.76. The van der Waals surface area contributed by atoms with E-state index in [1.165, 1.54) is 18.3 Å². The summed E-state index contributed by atoms with van der Waals surface area (Å²) in [4.78, 5) is 21.5. The van der Waals surface area contributed by atoms with Gasteiger partial charge in [-0.05, 0) is 24.7 Å². The number of anilines is 1. The van der Waals surface area contributed by atoms with Gasteiger partial charge in [0.05, 0.1) is 29.7 Å². The summed E-state index contributed by atoms with van der Waals surface area (Å²) in [6, 6.07) is 6.83. The number of hydrogen-bond acceptors (Lipinski definition) is 6. The average Bonchev–Trinajstić information content (AvgIpc) is 3.41. The third-order valence-corrected chi connectivity index (χ3v) is 6.45. The summed E-state index contributed by atoms with van der Waals surface area (Å²) in [5, 5.41) is 10.9. The Bertz CT molecular complexity index is 1190. The van der Waals surface area contributed by atoms with Crippen molar-refractivity contribution >= 4 is 22.8 Å². The molecule has 2 fully saturated rings. The van der Waals surface area contributed by atoms with Crippen LogP contribution in [0.1, 0.15) is 27.4 Å². The molecule has 4 heterocycles. The minimum Gasteiger partial charge on any atom is -0.378 e. The van der Waals surface area contributed by atoms with Gasteiger partial charge in [-0.1, -0.05) is 18.2 Å². The Labute approximate surface area is 194 Å². The van der Waals surface area contributed by atoms with Crippen molar-refractivity contribution in [3.8, 4) is 0 Å². The number of halogens is 3. The van der Waals surface area contributed by atoms with Gasteiger partial charge in [-0.15, -0.1) is 0 Å². The SMILES string of the molecule is CN1C[C@H](NC(=O)c2cnc3[nH]nc(N4CCOCC4)c3c2)[C@H](c2ccccc2C(F)(F)F)C1. The van der Waals surface area contributed by atoms with Crippen molar-refractivity contribution < 1.29 is 22.7 Å². The number of nitrogens with zero attached hydrogens (tertiary/aromatic N) is 4. The van der Waals surface area contributed by atoms with E-state index in [1.807, 2.05) is 11.9 Å². The molecule has 0 radical (unpaired) electrons. The van der Waals surface area contributed by atoms with E-state index in [0.717, 1.165) is 11.5 Å². The number of nitrogens with one attached hydrogen (secondary N) is 2. The molecule has 0 saturated carbocycles. The average molecular weight is 474 g/mol. The number of H-pyrrole nitrogens is 1. The zero-order valence-electron chi connectivity index (χ0n) is 18.6. The quantitative estimate of drug-likeness (QED) is 0.605. The third-order valence-electron chi connectivity index (χ3n) is 6.45. The van der Waals surface area contributed by atoms with E-state index in [4.69, 9.17) is 4.74 Å². The summed E-state index contributed by atoms with van der Waals surface area (Å²) in [7, 11) is 1.84. The number of rotatable bonds is 4. The van der Waals surface area contributed by atoms with E-state index in [-0.39, 0.29) is 11.5 Å². The first-order valence-corrected chi connectivity index (χ1v) is 11.1. The van der Waals surface area contributed by atoms with Crippen molar-refractivity contribution in [3.63, 3.8) is 0 Å². The number of aromatic amines is 1. The first-order valence-electron chi connectivity index (χ1n) is 11.1. The van der Waals surface area contributed by atoms with E-state index < -0.39 is 23.7 Å². The Hall–Kier alpha value is -3.18. The lowest BCUT2D eigenvalue weighted by Gasteiger charge is -2.26. The van der Waals surface area contributed by atoms with Crippen LogP contribution in [-0.2, 0) is 10.9 Å². The largest absolute Gasteiger partial charge is 0.416 e. The second kappa shape index (κ2) is 8.88. The third kappa shape index (κ3) is 4.32. The molecule has 34 heavy (non-hydrogen) atoms. The van der Waals surface area contributed by atoms with Gasteiger partial charge in [0.15, 0.2) is 11.5 Å². The van der Waals surface area contributed by atoms with Crippen molar-refractivity contribution in [3.05, 3.63) is 53.2 Å². The smallest absolute Gasteiger partial charge is 0.378 e.